The van der Waals surface area contributed by atoms with E-state index in [-0.39, 0.29) is 5.82 Å². The van der Waals surface area contributed by atoms with E-state index in [2.05, 4.69) is 15.2 Å². The second kappa shape index (κ2) is 7.19. The second-order valence-electron chi connectivity index (χ2n) is 6.53. The van der Waals surface area contributed by atoms with Crippen molar-refractivity contribution in [1.29, 1.82) is 0 Å². The summed E-state index contributed by atoms with van der Waals surface area (Å²) in [5.74, 6) is 0.580. The van der Waals surface area contributed by atoms with Crippen LogP contribution in [0, 0.1) is 5.82 Å². The van der Waals surface area contributed by atoms with E-state index in [0.717, 1.165) is 18.9 Å². The van der Waals surface area contributed by atoms with E-state index in [4.69, 9.17) is 0 Å². The molecule has 0 amide bonds. The first-order chi connectivity index (χ1) is 13.1. The molecule has 1 saturated heterocycles. The highest BCUT2D eigenvalue weighted by Crippen LogP contribution is 2.23. The summed E-state index contributed by atoms with van der Waals surface area (Å²) in [5.41, 5.74) is 0.526. The predicted molar refractivity (Wildman–Crippen MR) is 104 cm³/mol. The molecule has 1 fully saturated rings. The molecule has 0 unspecified atom stereocenters. The molecule has 27 heavy (non-hydrogen) atoms. The number of hydrogen-bond donors (Lipinski definition) is 1. The molecule has 6 nitrogen and oxygen atoms in total. The molecule has 2 aromatic carbocycles. The third-order valence-electron chi connectivity index (χ3n) is 4.81. The Balaban J connectivity index is 1.44. The van der Waals surface area contributed by atoms with Gasteiger partial charge >= 0.3 is 0 Å². The molecule has 0 saturated carbocycles. The summed E-state index contributed by atoms with van der Waals surface area (Å²) in [6.45, 7) is 3.01. The number of halogens is 1. The minimum atomic E-state index is -0.506. The van der Waals surface area contributed by atoms with Gasteiger partial charge in [0, 0.05) is 38.9 Å². The topological polar surface area (TPSA) is 65.5 Å². The van der Waals surface area contributed by atoms with Gasteiger partial charge in [-0.15, -0.1) is 0 Å². The van der Waals surface area contributed by atoms with Crippen molar-refractivity contribution in [3.8, 4) is 0 Å². The lowest BCUT2D eigenvalue weighted by Gasteiger charge is -2.37. The molecule has 138 valence electrons. The maximum Gasteiger partial charge on any atom is 0.253 e. The summed E-state index contributed by atoms with van der Waals surface area (Å²) in [5, 5.41) is 3.01. The maximum absolute atomic E-state index is 13.3. The molecule has 1 aliphatic heterocycles. The number of piperazine rings is 1. The normalized spacial score (nSPS) is 14.6. The highest BCUT2D eigenvalue weighted by atomic mass is 19.1. The fourth-order valence-electron chi connectivity index (χ4n) is 3.38. The molecular formula is C20H19FN4O2. The summed E-state index contributed by atoms with van der Waals surface area (Å²) < 4.78 is 13.3. The van der Waals surface area contributed by atoms with E-state index in [1.807, 2.05) is 23.1 Å². The molecule has 7 heteroatoms. The molecule has 0 spiro atoms. The standard InChI is InChI=1S/C20H19FN4O2/c21-15-5-3-4-14(12-15)13-23-17-18(20(27)19(17)26)25-10-8-24(9-11-25)16-6-1-2-7-22-16/h1-7,12,23H,8-11,13H2. The lowest BCUT2D eigenvalue weighted by Crippen LogP contribution is -2.51. The molecule has 3 aromatic rings. The average molecular weight is 366 g/mol. The number of pyridine rings is 1. The Morgan fingerprint density at radius 1 is 0.963 bits per heavy atom. The zero-order valence-electron chi connectivity index (χ0n) is 14.7. The molecule has 0 aliphatic carbocycles. The fourth-order valence-corrected chi connectivity index (χ4v) is 3.38. The van der Waals surface area contributed by atoms with Crippen molar-refractivity contribution in [3.05, 3.63) is 80.5 Å². The summed E-state index contributed by atoms with van der Waals surface area (Å²) in [7, 11) is 0. The minimum absolute atomic E-state index is 0.295. The van der Waals surface area contributed by atoms with Crippen molar-refractivity contribution in [1.82, 2.24) is 4.98 Å². The smallest absolute Gasteiger partial charge is 0.253 e. The van der Waals surface area contributed by atoms with Crippen LogP contribution in [-0.2, 0) is 6.54 Å². The van der Waals surface area contributed by atoms with Gasteiger partial charge in [-0.1, -0.05) is 18.2 Å². The zero-order valence-corrected chi connectivity index (χ0v) is 14.7. The first-order valence-corrected chi connectivity index (χ1v) is 8.86. The van der Waals surface area contributed by atoms with Gasteiger partial charge in [-0.05, 0) is 29.8 Å². The van der Waals surface area contributed by atoms with Crippen molar-refractivity contribution in [2.24, 2.45) is 0 Å². The van der Waals surface area contributed by atoms with Crippen LogP contribution >= 0.6 is 0 Å². The number of nitrogens with zero attached hydrogens (tertiary/aromatic N) is 3. The molecule has 1 aromatic heterocycles. The van der Waals surface area contributed by atoms with Crippen molar-refractivity contribution in [2.45, 2.75) is 6.54 Å². The molecule has 1 N–H and O–H groups in total. The van der Waals surface area contributed by atoms with E-state index in [9.17, 15) is 14.0 Å². The third-order valence-corrected chi connectivity index (χ3v) is 4.81. The Morgan fingerprint density at radius 3 is 2.44 bits per heavy atom. The largest absolute Gasteiger partial charge is 0.376 e. The van der Waals surface area contributed by atoms with Gasteiger partial charge in [0.2, 0.25) is 0 Å². The van der Waals surface area contributed by atoms with Crippen molar-refractivity contribution in [3.63, 3.8) is 0 Å². The second-order valence-corrected chi connectivity index (χ2v) is 6.53. The van der Waals surface area contributed by atoms with E-state index >= 15 is 0 Å². The van der Waals surface area contributed by atoms with Crippen LogP contribution in [0.5, 0.6) is 0 Å². The molecule has 4 rings (SSSR count). The lowest BCUT2D eigenvalue weighted by atomic mass is 10.1. The number of anilines is 3. The Labute approximate surface area is 155 Å². The Hall–Kier alpha value is -3.22. The van der Waals surface area contributed by atoms with Gasteiger partial charge in [0.05, 0.1) is 0 Å². The van der Waals surface area contributed by atoms with Crippen LogP contribution in [0.1, 0.15) is 5.56 Å². The summed E-state index contributed by atoms with van der Waals surface area (Å²) in [4.78, 5) is 32.6. The number of rotatable bonds is 5. The summed E-state index contributed by atoms with van der Waals surface area (Å²) >= 11 is 0. The summed E-state index contributed by atoms with van der Waals surface area (Å²) in [6.07, 6.45) is 1.76. The first-order valence-electron chi connectivity index (χ1n) is 8.86. The van der Waals surface area contributed by atoms with Crippen LogP contribution in [0.15, 0.2) is 58.3 Å². The van der Waals surface area contributed by atoms with Gasteiger partial charge in [0.15, 0.2) is 0 Å². The highest BCUT2D eigenvalue weighted by Gasteiger charge is 2.28. The molecule has 2 heterocycles. The van der Waals surface area contributed by atoms with E-state index in [1.54, 1.807) is 18.3 Å². The first kappa shape index (κ1) is 17.2. The van der Waals surface area contributed by atoms with Gasteiger partial charge in [-0.25, -0.2) is 9.37 Å². The molecule has 0 radical (unpaired) electrons. The lowest BCUT2D eigenvalue weighted by molar-refractivity contribution is 0.626. The van der Waals surface area contributed by atoms with Crippen LogP contribution in [0.4, 0.5) is 21.6 Å². The Bertz CT molecular complexity index is 1010. The van der Waals surface area contributed by atoms with Crippen molar-refractivity contribution in [2.75, 3.05) is 41.3 Å². The Kier molecular flexibility index (Phi) is 4.58. The van der Waals surface area contributed by atoms with Gasteiger partial charge in [0.1, 0.15) is 23.0 Å². The number of hydrogen-bond acceptors (Lipinski definition) is 6. The monoisotopic (exact) mass is 366 g/mol. The van der Waals surface area contributed by atoms with Gasteiger partial charge in [-0.3, -0.25) is 9.59 Å². The minimum Gasteiger partial charge on any atom is -0.376 e. The SMILES string of the molecule is O=c1c(NCc2cccc(F)c2)c(N2CCN(c3ccccn3)CC2)c1=O. The highest BCUT2D eigenvalue weighted by molar-refractivity contribution is 5.75. The molecule has 0 atom stereocenters. The maximum atomic E-state index is 13.3. The van der Waals surface area contributed by atoms with Crippen molar-refractivity contribution < 1.29 is 4.39 Å². The van der Waals surface area contributed by atoms with Crippen LogP contribution in [0.3, 0.4) is 0 Å². The van der Waals surface area contributed by atoms with Gasteiger partial charge in [0.25, 0.3) is 10.9 Å². The van der Waals surface area contributed by atoms with Crippen LogP contribution < -0.4 is 26.0 Å². The Morgan fingerprint density at radius 2 is 1.74 bits per heavy atom. The van der Waals surface area contributed by atoms with E-state index in [0.29, 0.717) is 36.6 Å². The number of aromatic nitrogens is 1. The quantitative estimate of drug-likeness (QED) is 0.694. The van der Waals surface area contributed by atoms with E-state index < -0.39 is 10.9 Å². The summed E-state index contributed by atoms with van der Waals surface area (Å²) in [6, 6.07) is 11.9. The predicted octanol–water partition coefficient (Wildman–Crippen LogP) is 1.76. The van der Waals surface area contributed by atoms with Gasteiger partial charge < -0.3 is 15.1 Å². The zero-order chi connectivity index (χ0) is 18.8. The van der Waals surface area contributed by atoms with Crippen LogP contribution in [0.25, 0.3) is 0 Å². The molecular weight excluding hydrogens is 347 g/mol. The fraction of sp³-hybridized carbons (Fsp3) is 0.250. The number of benzene rings is 1. The number of nitrogens with one attached hydrogen (secondary N) is 1. The van der Waals surface area contributed by atoms with Gasteiger partial charge in [-0.2, -0.15) is 0 Å². The van der Waals surface area contributed by atoms with Crippen LogP contribution in [-0.4, -0.2) is 31.2 Å². The molecule has 0 bridgehead atoms. The van der Waals surface area contributed by atoms with Crippen molar-refractivity contribution >= 4 is 17.2 Å². The van der Waals surface area contributed by atoms with Crippen LogP contribution in [0.2, 0.25) is 0 Å². The molecule has 1 aliphatic rings. The van der Waals surface area contributed by atoms with E-state index in [1.165, 1.54) is 12.1 Å². The average Bonchev–Trinajstić information content (AvgIpc) is 2.71. The third kappa shape index (κ3) is 3.40.